The van der Waals surface area contributed by atoms with Crippen LogP contribution in [0.4, 0.5) is 18.0 Å². The van der Waals surface area contributed by atoms with Gasteiger partial charge in [0.2, 0.25) is 0 Å². The lowest BCUT2D eigenvalue weighted by Crippen LogP contribution is -2.43. The molecule has 166 valence electrons. The molecule has 0 saturated heterocycles. The molecule has 1 aromatic heterocycles. The molecule has 0 aliphatic carbocycles. The molecule has 0 bridgehead atoms. The Morgan fingerprint density at radius 3 is 2.33 bits per heavy atom. The summed E-state index contributed by atoms with van der Waals surface area (Å²) < 4.78 is 47.7. The number of hydrogen-bond donors (Lipinski definition) is 1. The van der Waals surface area contributed by atoms with Crippen molar-refractivity contribution in [2.24, 2.45) is 0 Å². The monoisotopic (exact) mass is 445 g/mol. The molecule has 6 nitrogen and oxygen atoms in total. The molecule has 0 radical (unpaired) electrons. The lowest BCUT2D eigenvalue weighted by atomic mass is 10.1. The zero-order chi connectivity index (χ0) is 22.6. The smallest absolute Gasteiger partial charge is 0.433 e. The van der Waals surface area contributed by atoms with Crippen LogP contribution in [0.15, 0.2) is 29.3 Å². The number of alkyl halides is 3. The van der Waals surface area contributed by atoms with Crippen molar-refractivity contribution in [3.05, 3.63) is 41.3 Å². The Morgan fingerprint density at radius 1 is 1.20 bits per heavy atom. The Balaban J connectivity index is 2.46. The Labute approximate surface area is 178 Å². The number of aryl methyl sites for hydroxylation is 1. The van der Waals surface area contributed by atoms with Gasteiger partial charge in [-0.3, -0.25) is 0 Å². The molecule has 10 heteroatoms. The number of aromatic amines is 1. The van der Waals surface area contributed by atoms with E-state index in [-0.39, 0.29) is 12.1 Å². The highest BCUT2D eigenvalue weighted by molar-refractivity contribution is 7.98. The molecule has 1 heterocycles. The van der Waals surface area contributed by atoms with Crippen molar-refractivity contribution in [2.75, 3.05) is 6.26 Å². The highest BCUT2D eigenvalue weighted by Crippen LogP contribution is 2.32. The van der Waals surface area contributed by atoms with E-state index in [1.54, 1.807) is 11.0 Å². The standard InChI is InChI=1S/C20H26F3N3O3S/c1-11(2)26(12(3)4)19(27)28-16(17-24-13(5)18(25-17)30-6)14-8-7-9-15(10-14)29-20(21,22)23/h7-12,16H,1-6H3,(H,24,25). The van der Waals surface area contributed by atoms with E-state index in [0.29, 0.717) is 16.4 Å². The van der Waals surface area contributed by atoms with Gasteiger partial charge in [0.1, 0.15) is 10.8 Å². The molecule has 2 aromatic rings. The van der Waals surface area contributed by atoms with E-state index < -0.39 is 24.3 Å². The van der Waals surface area contributed by atoms with Crippen molar-refractivity contribution in [1.82, 2.24) is 14.9 Å². The molecular formula is C20H26F3N3O3S. The van der Waals surface area contributed by atoms with Gasteiger partial charge in [0.25, 0.3) is 0 Å². The summed E-state index contributed by atoms with van der Waals surface area (Å²) >= 11 is 1.41. The van der Waals surface area contributed by atoms with Gasteiger partial charge in [0, 0.05) is 23.3 Å². The van der Waals surface area contributed by atoms with Gasteiger partial charge in [0.15, 0.2) is 11.9 Å². The molecule has 0 aliphatic rings. The van der Waals surface area contributed by atoms with E-state index in [1.807, 2.05) is 40.9 Å². The van der Waals surface area contributed by atoms with Crippen molar-refractivity contribution >= 4 is 17.9 Å². The molecule has 0 aliphatic heterocycles. The number of carbonyl (C=O) groups is 1. The summed E-state index contributed by atoms with van der Waals surface area (Å²) in [6.45, 7) is 9.25. The maximum Gasteiger partial charge on any atom is 0.573 e. The van der Waals surface area contributed by atoms with Crippen LogP contribution in [0.5, 0.6) is 5.75 Å². The summed E-state index contributed by atoms with van der Waals surface area (Å²) in [5.74, 6) is -0.0826. The molecule has 0 spiro atoms. The Bertz CT molecular complexity index is 860. The second-order valence-corrected chi connectivity index (χ2v) is 8.03. The lowest BCUT2D eigenvalue weighted by molar-refractivity contribution is -0.274. The maximum absolute atomic E-state index is 12.9. The van der Waals surface area contributed by atoms with Crippen LogP contribution in [0.2, 0.25) is 0 Å². The summed E-state index contributed by atoms with van der Waals surface area (Å²) in [5.41, 5.74) is 1.07. The van der Waals surface area contributed by atoms with Gasteiger partial charge in [-0.25, -0.2) is 9.78 Å². The van der Waals surface area contributed by atoms with Crippen molar-refractivity contribution < 1.29 is 27.4 Å². The second kappa shape index (κ2) is 9.63. The van der Waals surface area contributed by atoms with E-state index in [2.05, 4.69) is 14.7 Å². The zero-order valence-electron chi connectivity index (χ0n) is 17.7. The summed E-state index contributed by atoms with van der Waals surface area (Å²) in [4.78, 5) is 22.0. The van der Waals surface area contributed by atoms with Gasteiger partial charge >= 0.3 is 12.5 Å². The number of rotatable bonds is 7. The number of nitrogens with zero attached hydrogens (tertiary/aromatic N) is 2. The highest BCUT2D eigenvalue weighted by Gasteiger charge is 2.33. The van der Waals surface area contributed by atoms with E-state index in [0.717, 1.165) is 5.69 Å². The summed E-state index contributed by atoms with van der Waals surface area (Å²) in [6.07, 6.45) is -4.60. The number of amides is 1. The van der Waals surface area contributed by atoms with Crippen LogP contribution < -0.4 is 4.74 Å². The average Bonchev–Trinajstić information content (AvgIpc) is 2.98. The summed E-state index contributed by atoms with van der Waals surface area (Å²) in [6, 6.07) is 5.09. The quantitative estimate of drug-likeness (QED) is 0.555. The number of ether oxygens (including phenoxy) is 2. The zero-order valence-corrected chi connectivity index (χ0v) is 18.5. The predicted molar refractivity (Wildman–Crippen MR) is 109 cm³/mol. The van der Waals surface area contributed by atoms with Crippen LogP contribution in [0, 0.1) is 6.92 Å². The van der Waals surface area contributed by atoms with Gasteiger partial charge in [-0.1, -0.05) is 12.1 Å². The van der Waals surface area contributed by atoms with Crippen molar-refractivity contribution in [1.29, 1.82) is 0 Å². The first-order chi connectivity index (χ1) is 13.9. The third-order valence-electron chi connectivity index (χ3n) is 4.24. The molecule has 0 saturated carbocycles. The number of nitrogens with one attached hydrogen (secondary N) is 1. The Hall–Kier alpha value is -2.36. The van der Waals surface area contributed by atoms with Crippen molar-refractivity contribution in [3.8, 4) is 5.75 Å². The van der Waals surface area contributed by atoms with Crippen LogP contribution in [0.1, 0.15) is 50.9 Å². The molecule has 1 aromatic carbocycles. The van der Waals surface area contributed by atoms with E-state index in [1.165, 1.54) is 30.0 Å². The SMILES string of the molecule is CSc1nc(C(OC(=O)N(C(C)C)C(C)C)c2cccc(OC(F)(F)F)c2)[nH]c1C. The van der Waals surface area contributed by atoms with E-state index >= 15 is 0 Å². The third-order valence-corrected chi connectivity index (χ3v) is 5.02. The fourth-order valence-electron chi connectivity index (χ4n) is 3.13. The number of hydrogen-bond acceptors (Lipinski definition) is 5. The maximum atomic E-state index is 12.9. The van der Waals surface area contributed by atoms with Crippen LogP contribution in [-0.4, -0.2) is 45.7 Å². The third kappa shape index (κ3) is 6.07. The minimum Gasteiger partial charge on any atom is -0.433 e. The number of H-pyrrole nitrogens is 1. The topological polar surface area (TPSA) is 67.4 Å². The van der Waals surface area contributed by atoms with Crippen LogP contribution >= 0.6 is 11.8 Å². The highest BCUT2D eigenvalue weighted by atomic mass is 32.2. The fraction of sp³-hybridized carbons (Fsp3) is 0.500. The molecule has 0 fully saturated rings. The number of aromatic nitrogens is 2. The summed E-state index contributed by atoms with van der Waals surface area (Å²) in [7, 11) is 0. The molecule has 1 amide bonds. The molecule has 1 atom stereocenters. The minimum atomic E-state index is -4.83. The molecule has 1 N–H and O–H groups in total. The fourth-order valence-corrected chi connectivity index (χ4v) is 3.67. The van der Waals surface area contributed by atoms with Crippen LogP contribution in [0.3, 0.4) is 0 Å². The van der Waals surface area contributed by atoms with Crippen LogP contribution in [0.25, 0.3) is 0 Å². The molecule has 2 rings (SSSR count). The lowest BCUT2D eigenvalue weighted by Gasteiger charge is -2.31. The number of thioether (sulfide) groups is 1. The number of benzene rings is 1. The predicted octanol–water partition coefficient (Wildman–Crippen LogP) is 5.68. The Kier molecular flexibility index (Phi) is 7.68. The number of carbonyl (C=O) groups excluding carboxylic acids is 1. The normalized spacial score (nSPS) is 12.9. The number of halogens is 3. The number of imidazole rings is 1. The van der Waals surface area contributed by atoms with Crippen molar-refractivity contribution in [3.63, 3.8) is 0 Å². The van der Waals surface area contributed by atoms with Gasteiger partial charge < -0.3 is 19.4 Å². The largest absolute Gasteiger partial charge is 0.573 e. The summed E-state index contributed by atoms with van der Waals surface area (Å²) in [5, 5.41) is 0.707. The Morgan fingerprint density at radius 2 is 1.83 bits per heavy atom. The van der Waals surface area contributed by atoms with E-state index in [4.69, 9.17) is 4.74 Å². The molecule has 30 heavy (non-hydrogen) atoms. The second-order valence-electron chi connectivity index (χ2n) is 7.24. The van der Waals surface area contributed by atoms with Crippen molar-refractivity contribution in [2.45, 2.75) is 64.2 Å². The average molecular weight is 446 g/mol. The molecule has 1 unspecified atom stereocenters. The molecular weight excluding hydrogens is 419 g/mol. The van der Waals surface area contributed by atoms with Crippen LogP contribution in [-0.2, 0) is 4.74 Å². The van der Waals surface area contributed by atoms with Gasteiger partial charge in [0.05, 0.1) is 0 Å². The minimum absolute atomic E-state index is 0.127. The first-order valence-electron chi connectivity index (χ1n) is 9.38. The first-order valence-corrected chi connectivity index (χ1v) is 10.6. The van der Waals surface area contributed by atoms with E-state index in [9.17, 15) is 18.0 Å². The van der Waals surface area contributed by atoms with Gasteiger partial charge in [-0.2, -0.15) is 0 Å². The first kappa shape index (κ1) is 23.9. The van der Waals surface area contributed by atoms with Gasteiger partial charge in [-0.05, 0) is 53.0 Å². The van der Waals surface area contributed by atoms with Gasteiger partial charge in [-0.15, -0.1) is 24.9 Å².